The molecule has 0 saturated heterocycles. The molecule has 5 rings (SSSR count). The minimum Gasteiger partial charge on any atom is -0.494 e. The Labute approximate surface area is 173 Å². The summed E-state index contributed by atoms with van der Waals surface area (Å²) in [6.45, 7) is 3.70. The lowest BCUT2D eigenvalue weighted by atomic mass is 10.2. The standard InChI is InChI=1S/C21H23N7O2/c1-2-30-18-5-3-17(4-6-18)28-21-19(25-26-28)10-22-20(24-21)7-14-9-23-27(11-14)12-15-8-16(15)13-29/h3-6,9-11,15-16,29H,2,7-8,12-13H2,1H3. The van der Waals surface area contributed by atoms with Gasteiger partial charge in [-0.2, -0.15) is 9.78 Å². The zero-order valence-corrected chi connectivity index (χ0v) is 16.7. The number of aliphatic hydroxyl groups is 1. The summed E-state index contributed by atoms with van der Waals surface area (Å²) in [4.78, 5) is 9.14. The van der Waals surface area contributed by atoms with Gasteiger partial charge in [-0.25, -0.2) is 9.97 Å². The van der Waals surface area contributed by atoms with Crippen LogP contribution in [0.3, 0.4) is 0 Å². The van der Waals surface area contributed by atoms with E-state index in [1.54, 1.807) is 10.9 Å². The van der Waals surface area contributed by atoms with E-state index in [4.69, 9.17) is 9.72 Å². The van der Waals surface area contributed by atoms with Gasteiger partial charge in [0.1, 0.15) is 11.6 Å². The van der Waals surface area contributed by atoms with Crippen LogP contribution in [-0.2, 0) is 13.0 Å². The van der Waals surface area contributed by atoms with E-state index >= 15 is 0 Å². The molecule has 1 fully saturated rings. The molecule has 30 heavy (non-hydrogen) atoms. The molecule has 3 aromatic heterocycles. The highest BCUT2D eigenvalue weighted by Gasteiger charge is 2.36. The molecule has 0 aliphatic heterocycles. The third-order valence-corrected chi connectivity index (χ3v) is 5.41. The summed E-state index contributed by atoms with van der Waals surface area (Å²) in [7, 11) is 0. The molecule has 2 atom stereocenters. The maximum atomic E-state index is 9.20. The normalized spacial score (nSPS) is 18.1. The van der Waals surface area contributed by atoms with Crippen molar-refractivity contribution in [3.8, 4) is 11.4 Å². The van der Waals surface area contributed by atoms with Gasteiger partial charge in [0.15, 0.2) is 11.2 Å². The molecule has 9 nitrogen and oxygen atoms in total. The number of hydrogen-bond acceptors (Lipinski definition) is 7. The molecule has 154 valence electrons. The van der Waals surface area contributed by atoms with Gasteiger partial charge in [0.2, 0.25) is 0 Å². The predicted octanol–water partition coefficient (Wildman–Crippen LogP) is 2.02. The van der Waals surface area contributed by atoms with Crippen molar-refractivity contribution >= 4 is 11.2 Å². The number of rotatable bonds is 8. The van der Waals surface area contributed by atoms with Gasteiger partial charge in [0.25, 0.3) is 0 Å². The average Bonchev–Trinajstić information content (AvgIpc) is 3.15. The van der Waals surface area contributed by atoms with E-state index in [0.29, 0.717) is 41.9 Å². The summed E-state index contributed by atoms with van der Waals surface area (Å²) in [5.41, 5.74) is 3.23. The van der Waals surface area contributed by atoms with E-state index < -0.39 is 0 Å². The second-order valence-electron chi connectivity index (χ2n) is 7.61. The molecule has 1 aromatic carbocycles. The van der Waals surface area contributed by atoms with E-state index in [1.165, 1.54) is 0 Å². The number of aromatic nitrogens is 7. The summed E-state index contributed by atoms with van der Waals surface area (Å²) in [5.74, 6) is 2.47. The van der Waals surface area contributed by atoms with Crippen molar-refractivity contribution in [1.29, 1.82) is 0 Å². The van der Waals surface area contributed by atoms with Crippen molar-refractivity contribution in [3.05, 3.63) is 54.2 Å². The van der Waals surface area contributed by atoms with Gasteiger partial charge < -0.3 is 9.84 Å². The number of hydrogen-bond donors (Lipinski definition) is 1. The van der Waals surface area contributed by atoms with Crippen LogP contribution in [0.1, 0.15) is 24.7 Å². The van der Waals surface area contributed by atoms with E-state index in [1.807, 2.05) is 48.3 Å². The van der Waals surface area contributed by atoms with Gasteiger partial charge in [0.05, 0.1) is 24.7 Å². The van der Waals surface area contributed by atoms with Crippen molar-refractivity contribution in [2.24, 2.45) is 11.8 Å². The van der Waals surface area contributed by atoms with Gasteiger partial charge in [-0.05, 0) is 55.0 Å². The summed E-state index contributed by atoms with van der Waals surface area (Å²) >= 11 is 0. The van der Waals surface area contributed by atoms with Crippen LogP contribution in [0.15, 0.2) is 42.9 Å². The number of nitrogens with zero attached hydrogens (tertiary/aromatic N) is 7. The molecule has 1 aliphatic carbocycles. The molecule has 4 aromatic rings. The first-order valence-electron chi connectivity index (χ1n) is 10.2. The van der Waals surface area contributed by atoms with Crippen molar-refractivity contribution in [1.82, 2.24) is 34.7 Å². The van der Waals surface area contributed by atoms with Crippen molar-refractivity contribution in [2.45, 2.75) is 26.3 Å². The number of aliphatic hydroxyl groups excluding tert-OH is 1. The van der Waals surface area contributed by atoms with Crippen LogP contribution in [0.5, 0.6) is 5.75 Å². The Morgan fingerprint density at radius 1 is 1.17 bits per heavy atom. The smallest absolute Gasteiger partial charge is 0.187 e. The third kappa shape index (κ3) is 3.76. The second-order valence-corrected chi connectivity index (χ2v) is 7.61. The van der Waals surface area contributed by atoms with Gasteiger partial charge in [-0.3, -0.25) is 4.68 Å². The monoisotopic (exact) mass is 405 g/mol. The minimum absolute atomic E-state index is 0.267. The molecule has 1 saturated carbocycles. The molecule has 0 bridgehead atoms. The lowest BCUT2D eigenvalue weighted by Gasteiger charge is -2.05. The summed E-state index contributed by atoms with van der Waals surface area (Å²) in [6, 6.07) is 7.68. The van der Waals surface area contributed by atoms with E-state index in [2.05, 4.69) is 20.4 Å². The zero-order valence-electron chi connectivity index (χ0n) is 16.7. The van der Waals surface area contributed by atoms with E-state index in [9.17, 15) is 5.11 Å². The molecule has 1 N–H and O–H groups in total. The molecule has 0 amide bonds. The van der Waals surface area contributed by atoms with Crippen LogP contribution < -0.4 is 4.74 Å². The molecule has 1 aliphatic rings. The Bertz CT molecular complexity index is 1150. The Morgan fingerprint density at radius 3 is 2.80 bits per heavy atom. The first kappa shape index (κ1) is 18.7. The molecule has 0 radical (unpaired) electrons. The number of ether oxygens (including phenoxy) is 1. The van der Waals surface area contributed by atoms with Gasteiger partial charge in [-0.1, -0.05) is 5.21 Å². The number of fused-ring (bicyclic) bond motifs is 1. The van der Waals surface area contributed by atoms with Crippen LogP contribution in [0, 0.1) is 11.8 Å². The molecule has 0 spiro atoms. The Balaban J connectivity index is 1.35. The van der Waals surface area contributed by atoms with Crippen molar-refractivity contribution in [2.75, 3.05) is 13.2 Å². The minimum atomic E-state index is 0.267. The van der Waals surface area contributed by atoms with Gasteiger partial charge >= 0.3 is 0 Å². The lowest BCUT2D eigenvalue weighted by molar-refractivity contribution is 0.265. The highest BCUT2D eigenvalue weighted by atomic mass is 16.5. The van der Waals surface area contributed by atoms with Crippen LogP contribution in [0.4, 0.5) is 0 Å². The summed E-state index contributed by atoms with van der Waals surface area (Å²) in [5, 5.41) is 22.1. The topological polar surface area (TPSA) is 104 Å². The van der Waals surface area contributed by atoms with Gasteiger partial charge in [0, 0.05) is 25.8 Å². The molecule has 2 unspecified atom stereocenters. The van der Waals surface area contributed by atoms with Gasteiger partial charge in [-0.15, -0.1) is 5.10 Å². The Morgan fingerprint density at radius 2 is 2.03 bits per heavy atom. The van der Waals surface area contributed by atoms with Crippen LogP contribution in [0.2, 0.25) is 0 Å². The first-order chi connectivity index (χ1) is 14.7. The van der Waals surface area contributed by atoms with Crippen LogP contribution in [-0.4, -0.2) is 53.1 Å². The largest absolute Gasteiger partial charge is 0.494 e. The zero-order chi connectivity index (χ0) is 20.5. The highest BCUT2D eigenvalue weighted by molar-refractivity contribution is 5.70. The molecular formula is C21H23N7O2. The van der Waals surface area contributed by atoms with E-state index in [0.717, 1.165) is 30.0 Å². The lowest BCUT2D eigenvalue weighted by Crippen LogP contribution is -2.03. The fourth-order valence-electron chi connectivity index (χ4n) is 3.65. The van der Waals surface area contributed by atoms with E-state index in [-0.39, 0.29) is 6.61 Å². The van der Waals surface area contributed by atoms with Crippen LogP contribution >= 0.6 is 0 Å². The Hall–Kier alpha value is -3.33. The summed E-state index contributed by atoms with van der Waals surface area (Å²) < 4.78 is 9.16. The molecular weight excluding hydrogens is 382 g/mol. The average molecular weight is 405 g/mol. The fraction of sp³-hybridized carbons (Fsp3) is 0.381. The fourth-order valence-corrected chi connectivity index (χ4v) is 3.65. The molecule has 9 heteroatoms. The first-order valence-corrected chi connectivity index (χ1v) is 10.2. The second kappa shape index (κ2) is 7.83. The predicted molar refractivity (Wildman–Crippen MR) is 109 cm³/mol. The maximum absolute atomic E-state index is 9.20. The maximum Gasteiger partial charge on any atom is 0.187 e. The van der Waals surface area contributed by atoms with Crippen LogP contribution in [0.25, 0.3) is 16.9 Å². The van der Waals surface area contributed by atoms with Crippen molar-refractivity contribution < 1.29 is 9.84 Å². The highest BCUT2D eigenvalue weighted by Crippen LogP contribution is 2.38. The SMILES string of the molecule is CCOc1ccc(-n2nnc3cnc(Cc4cnn(CC5CC5CO)c4)nc32)cc1. The third-order valence-electron chi connectivity index (χ3n) is 5.41. The Kier molecular flexibility index (Phi) is 4.88. The number of benzene rings is 1. The summed E-state index contributed by atoms with van der Waals surface area (Å²) in [6.07, 6.45) is 7.25. The van der Waals surface area contributed by atoms with Crippen molar-refractivity contribution in [3.63, 3.8) is 0 Å². The quantitative estimate of drug-likeness (QED) is 0.478. The molecule has 3 heterocycles.